The maximum absolute atomic E-state index is 13.6. The summed E-state index contributed by atoms with van der Waals surface area (Å²) in [5.41, 5.74) is 0.810. The molecule has 1 aliphatic rings. The minimum absolute atomic E-state index is 0.0127. The molecule has 0 saturated heterocycles. The summed E-state index contributed by atoms with van der Waals surface area (Å²) in [5, 5.41) is 9.44. The smallest absolute Gasteiger partial charge is 0.326 e. The largest absolute Gasteiger partial charge is 0.508 e. The summed E-state index contributed by atoms with van der Waals surface area (Å²) < 4.78 is 46.6. The molecular weight excluding hydrogens is 499 g/mol. The van der Waals surface area contributed by atoms with Gasteiger partial charge in [-0.1, -0.05) is 29.8 Å². The number of hydrogen-bond donors (Lipinski definition) is 1. The molecule has 0 spiro atoms. The van der Waals surface area contributed by atoms with E-state index in [-0.39, 0.29) is 34.3 Å². The monoisotopic (exact) mass is 518 g/mol. The number of carbonyl (C=O) groups is 2. The molecule has 1 aliphatic heterocycles. The number of ether oxygens (including phenoxy) is 1. The van der Waals surface area contributed by atoms with Crippen LogP contribution < -0.4 is 4.90 Å². The molecule has 35 heavy (non-hydrogen) atoms. The highest BCUT2D eigenvalue weighted by molar-refractivity contribution is 7.89. The van der Waals surface area contributed by atoms with Gasteiger partial charge in [0, 0.05) is 12.2 Å². The van der Waals surface area contributed by atoms with Crippen LogP contribution in [-0.2, 0) is 26.1 Å². The zero-order valence-electron chi connectivity index (χ0n) is 18.4. The van der Waals surface area contributed by atoms with Crippen LogP contribution in [0.15, 0.2) is 71.6 Å². The summed E-state index contributed by atoms with van der Waals surface area (Å²) in [4.78, 5) is 27.5. The Labute approximate surface area is 206 Å². The second-order valence-electron chi connectivity index (χ2n) is 7.75. The van der Waals surface area contributed by atoms with E-state index in [1.54, 1.807) is 24.3 Å². The van der Waals surface area contributed by atoms with Crippen LogP contribution in [-0.4, -0.2) is 49.4 Å². The third kappa shape index (κ3) is 4.72. The summed E-state index contributed by atoms with van der Waals surface area (Å²) in [7, 11) is -3.15. The van der Waals surface area contributed by atoms with E-state index in [4.69, 9.17) is 16.3 Å². The summed E-state index contributed by atoms with van der Waals surface area (Å²) in [5.74, 6) is -2.26. The van der Waals surface area contributed by atoms with E-state index < -0.39 is 33.8 Å². The van der Waals surface area contributed by atoms with Crippen molar-refractivity contribution in [1.82, 2.24) is 4.31 Å². The fraction of sp³-hybridized carbons (Fsp3) is 0.167. The SMILES string of the molecule is COC(=O)C1CN(C(=O)c2ccc(F)cc2Cl)c2ccccc2CN1S(=O)(=O)c1ccc(O)cc1. The first-order chi connectivity index (χ1) is 16.6. The molecule has 11 heteroatoms. The Balaban J connectivity index is 1.85. The van der Waals surface area contributed by atoms with Gasteiger partial charge >= 0.3 is 5.97 Å². The third-order valence-corrected chi connectivity index (χ3v) is 7.82. The number of hydrogen-bond acceptors (Lipinski definition) is 6. The first-order valence-corrected chi connectivity index (χ1v) is 12.2. The number of amides is 1. The number of fused-ring (bicyclic) bond motifs is 1. The summed E-state index contributed by atoms with van der Waals surface area (Å²) in [6, 6.07) is 13.4. The van der Waals surface area contributed by atoms with E-state index in [1.807, 2.05) is 0 Å². The molecule has 0 radical (unpaired) electrons. The summed E-state index contributed by atoms with van der Waals surface area (Å²) >= 11 is 6.13. The van der Waals surface area contributed by atoms with Crippen LogP contribution in [0.3, 0.4) is 0 Å². The van der Waals surface area contributed by atoms with Crippen LogP contribution in [0.4, 0.5) is 10.1 Å². The van der Waals surface area contributed by atoms with Gasteiger partial charge in [0.1, 0.15) is 17.6 Å². The maximum atomic E-state index is 13.6. The summed E-state index contributed by atoms with van der Waals surface area (Å²) in [6.07, 6.45) is 0. The van der Waals surface area contributed by atoms with E-state index in [2.05, 4.69) is 0 Å². The number of methoxy groups -OCH3 is 1. The van der Waals surface area contributed by atoms with Crippen molar-refractivity contribution in [3.8, 4) is 5.75 Å². The fourth-order valence-electron chi connectivity index (χ4n) is 3.88. The molecule has 4 rings (SSSR count). The van der Waals surface area contributed by atoms with E-state index in [0.717, 1.165) is 23.5 Å². The van der Waals surface area contributed by atoms with Gasteiger partial charge in [-0.25, -0.2) is 12.8 Å². The maximum Gasteiger partial charge on any atom is 0.326 e. The van der Waals surface area contributed by atoms with Gasteiger partial charge in [0.25, 0.3) is 5.91 Å². The number of aromatic hydroxyl groups is 1. The molecule has 1 amide bonds. The average molecular weight is 519 g/mol. The minimum atomic E-state index is -4.27. The Kier molecular flexibility index (Phi) is 6.79. The zero-order valence-corrected chi connectivity index (χ0v) is 20.0. The molecule has 3 aromatic carbocycles. The van der Waals surface area contributed by atoms with Crippen molar-refractivity contribution in [2.24, 2.45) is 0 Å². The normalized spacial score (nSPS) is 16.3. The van der Waals surface area contributed by atoms with Gasteiger partial charge in [-0.15, -0.1) is 0 Å². The predicted molar refractivity (Wildman–Crippen MR) is 126 cm³/mol. The molecule has 8 nitrogen and oxygen atoms in total. The molecule has 0 saturated carbocycles. The number of nitrogens with zero attached hydrogens (tertiary/aromatic N) is 2. The molecule has 0 aliphatic carbocycles. The van der Waals surface area contributed by atoms with Crippen molar-refractivity contribution in [3.63, 3.8) is 0 Å². The van der Waals surface area contributed by atoms with Crippen LogP contribution in [0.5, 0.6) is 5.75 Å². The zero-order chi connectivity index (χ0) is 25.3. The van der Waals surface area contributed by atoms with Crippen molar-refractivity contribution in [1.29, 1.82) is 0 Å². The second-order valence-corrected chi connectivity index (χ2v) is 10.0. The number of phenolic OH excluding ortho intramolecular Hbond substituents is 1. The van der Waals surface area contributed by atoms with Gasteiger partial charge in [-0.05, 0) is 54.1 Å². The Morgan fingerprint density at radius 1 is 1.09 bits per heavy atom. The van der Waals surface area contributed by atoms with E-state index in [1.165, 1.54) is 35.2 Å². The molecule has 3 aromatic rings. The fourth-order valence-corrected chi connectivity index (χ4v) is 5.68. The van der Waals surface area contributed by atoms with E-state index in [0.29, 0.717) is 11.3 Å². The number of esters is 1. The third-order valence-electron chi connectivity index (χ3n) is 5.63. The van der Waals surface area contributed by atoms with Crippen LogP contribution in [0.25, 0.3) is 0 Å². The molecular formula is C24H20ClFN2O6S. The highest BCUT2D eigenvalue weighted by Crippen LogP contribution is 2.33. The molecule has 182 valence electrons. The lowest BCUT2D eigenvalue weighted by molar-refractivity contribution is -0.144. The molecule has 1 heterocycles. The lowest BCUT2D eigenvalue weighted by Crippen LogP contribution is -2.50. The van der Waals surface area contributed by atoms with Crippen LogP contribution in [0.1, 0.15) is 15.9 Å². The molecule has 1 atom stereocenters. The molecule has 1 unspecified atom stereocenters. The van der Waals surface area contributed by atoms with Crippen LogP contribution >= 0.6 is 11.6 Å². The predicted octanol–water partition coefficient (Wildman–Crippen LogP) is 3.58. The Morgan fingerprint density at radius 3 is 2.43 bits per heavy atom. The Hall–Kier alpha value is -3.47. The van der Waals surface area contributed by atoms with E-state index in [9.17, 15) is 27.5 Å². The number of benzene rings is 3. The van der Waals surface area contributed by atoms with Gasteiger partial charge < -0.3 is 14.7 Å². The van der Waals surface area contributed by atoms with Gasteiger partial charge in [0.05, 0.1) is 29.1 Å². The Morgan fingerprint density at radius 2 is 1.77 bits per heavy atom. The highest BCUT2D eigenvalue weighted by atomic mass is 35.5. The second kappa shape index (κ2) is 9.65. The number of sulfonamides is 1. The average Bonchev–Trinajstić information content (AvgIpc) is 3.01. The van der Waals surface area contributed by atoms with Gasteiger partial charge in [0.2, 0.25) is 10.0 Å². The van der Waals surface area contributed by atoms with E-state index >= 15 is 0 Å². The molecule has 0 fully saturated rings. The topological polar surface area (TPSA) is 104 Å². The number of carbonyl (C=O) groups excluding carboxylic acids is 2. The number of rotatable bonds is 4. The Bertz CT molecular complexity index is 1400. The van der Waals surface area contributed by atoms with Crippen molar-refractivity contribution in [2.75, 3.05) is 18.6 Å². The highest BCUT2D eigenvalue weighted by Gasteiger charge is 2.42. The molecule has 1 N–H and O–H groups in total. The van der Waals surface area contributed by atoms with Gasteiger partial charge in [0.15, 0.2) is 0 Å². The first kappa shape index (κ1) is 24.6. The van der Waals surface area contributed by atoms with Gasteiger partial charge in [-0.2, -0.15) is 4.31 Å². The standard InChI is InChI=1S/C24H20ClFN2O6S/c1-34-24(31)22-14-27(23(30)19-11-6-16(26)12-20(19)25)21-5-3-2-4-15(21)13-28(22)35(32,33)18-9-7-17(29)8-10-18/h2-12,22,29H,13-14H2,1H3. The summed E-state index contributed by atoms with van der Waals surface area (Å²) in [6.45, 7) is -0.617. The minimum Gasteiger partial charge on any atom is -0.508 e. The van der Waals surface area contributed by atoms with Crippen molar-refractivity contribution >= 4 is 39.2 Å². The van der Waals surface area contributed by atoms with Crippen LogP contribution in [0, 0.1) is 5.82 Å². The van der Waals surface area contributed by atoms with Crippen LogP contribution in [0.2, 0.25) is 5.02 Å². The van der Waals surface area contributed by atoms with Gasteiger partial charge in [-0.3, -0.25) is 9.59 Å². The quantitative estimate of drug-likeness (QED) is 0.529. The number of anilines is 1. The lowest BCUT2D eigenvalue weighted by Gasteiger charge is -2.29. The lowest BCUT2D eigenvalue weighted by atomic mass is 10.1. The molecule has 0 bridgehead atoms. The first-order valence-electron chi connectivity index (χ1n) is 10.4. The number of phenols is 1. The van der Waals surface area contributed by atoms with Crippen molar-refractivity contribution in [2.45, 2.75) is 17.5 Å². The van der Waals surface area contributed by atoms with Crippen molar-refractivity contribution in [3.05, 3.63) is 88.7 Å². The van der Waals surface area contributed by atoms with Crippen molar-refractivity contribution < 1.29 is 32.2 Å². The number of halogens is 2. The number of para-hydroxylation sites is 1. The molecule has 0 aromatic heterocycles.